The average molecular weight is 210 g/mol. The number of rotatable bonds is 1. The molecule has 0 atom stereocenters. The molecule has 0 saturated carbocycles. The van der Waals surface area contributed by atoms with Crippen LogP contribution in [-0.4, -0.2) is 14.8 Å². The third-order valence-corrected chi connectivity index (χ3v) is 2.50. The normalized spacial score (nSPS) is 10.8. The molecule has 16 heavy (non-hydrogen) atoms. The number of nitrogens with two attached hydrogens (primary N) is 1. The lowest BCUT2D eigenvalue weighted by Gasteiger charge is -2.02. The molecule has 2 aromatic heterocycles. The van der Waals surface area contributed by atoms with E-state index in [4.69, 9.17) is 5.73 Å². The number of nitrogen functional groups attached to an aromatic ring is 1. The SMILES string of the molecule is Nc1ccc2cnn(-c3ccncc3)c2c1. The van der Waals surface area contributed by atoms with Crippen LogP contribution >= 0.6 is 0 Å². The van der Waals surface area contributed by atoms with E-state index in [0.717, 1.165) is 22.3 Å². The molecule has 0 unspecified atom stereocenters. The van der Waals surface area contributed by atoms with Gasteiger partial charge in [-0.3, -0.25) is 4.98 Å². The van der Waals surface area contributed by atoms with Crippen molar-refractivity contribution < 1.29 is 0 Å². The van der Waals surface area contributed by atoms with Crippen molar-refractivity contribution in [2.45, 2.75) is 0 Å². The van der Waals surface area contributed by atoms with Gasteiger partial charge in [-0.25, -0.2) is 4.68 Å². The Hall–Kier alpha value is -2.36. The van der Waals surface area contributed by atoms with Crippen LogP contribution in [0.5, 0.6) is 0 Å². The van der Waals surface area contributed by atoms with E-state index in [-0.39, 0.29) is 0 Å². The molecule has 2 N–H and O–H groups in total. The Bertz CT molecular complexity index is 628. The fourth-order valence-corrected chi connectivity index (χ4v) is 1.73. The molecule has 3 rings (SSSR count). The van der Waals surface area contributed by atoms with Gasteiger partial charge in [0.15, 0.2) is 0 Å². The van der Waals surface area contributed by atoms with Gasteiger partial charge in [-0.2, -0.15) is 5.10 Å². The Morgan fingerprint density at radius 2 is 1.88 bits per heavy atom. The summed E-state index contributed by atoms with van der Waals surface area (Å²) in [4.78, 5) is 3.99. The minimum absolute atomic E-state index is 0.739. The maximum Gasteiger partial charge on any atom is 0.0761 e. The monoisotopic (exact) mass is 210 g/mol. The molecule has 0 fully saturated rings. The Kier molecular flexibility index (Phi) is 1.86. The predicted molar refractivity (Wildman–Crippen MR) is 63.3 cm³/mol. The Balaban J connectivity index is 2.29. The number of benzene rings is 1. The minimum atomic E-state index is 0.739. The fraction of sp³-hybridized carbons (Fsp3) is 0. The van der Waals surface area contributed by atoms with Crippen molar-refractivity contribution in [1.82, 2.24) is 14.8 Å². The summed E-state index contributed by atoms with van der Waals surface area (Å²) in [5.74, 6) is 0. The fourth-order valence-electron chi connectivity index (χ4n) is 1.73. The molecule has 0 aliphatic rings. The molecular weight excluding hydrogens is 200 g/mol. The second-order valence-corrected chi connectivity index (χ2v) is 3.58. The molecule has 0 bridgehead atoms. The van der Waals surface area contributed by atoms with Gasteiger partial charge in [0.25, 0.3) is 0 Å². The van der Waals surface area contributed by atoms with Crippen LogP contribution in [0.25, 0.3) is 16.6 Å². The van der Waals surface area contributed by atoms with Gasteiger partial charge in [0.2, 0.25) is 0 Å². The van der Waals surface area contributed by atoms with E-state index in [1.54, 1.807) is 12.4 Å². The second kappa shape index (κ2) is 3.34. The summed E-state index contributed by atoms with van der Waals surface area (Å²) in [6.07, 6.45) is 5.32. The van der Waals surface area contributed by atoms with Crippen LogP contribution in [0, 0.1) is 0 Å². The van der Waals surface area contributed by atoms with Gasteiger partial charge in [0.1, 0.15) is 0 Å². The van der Waals surface area contributed by atoms with E-state index >= 15 is 0 Å². The van der Waals surface area contributed by atoms with Crippen molar-refractivity contribution >= 4 is 16.6 Å². The molecule has 4 nitrogen and oxygen atoms in total. The van der Waals surface area contributed by atoms with Crippen LogP contribution in [0.2, 0.25) is 0 Å². The Labute approximate surface area is 92.3 Å². The highest BCUT2D eigenvalue weighted by molar-refractivity contribution is 5.83. The van der Waals surface area contributed by atoms with Crippen molar-refractivity contribution in [2.75, 3.05) is 5.73 Å². The zero-order valence-electron chi connectivity index (χ0n) is 8.54. The third kappa shape index (κ3) is 1.32. The van der Waals surface area contributed by atoms with E-state index in [9.17, 15) is 0 Å². The number of hydrogen-bond donors (Lipinski definition) is 1. The molecule has 1 aromatic carbocycles. The molecule has 0 amide bonds. The smallest absolute Gasteiger partial charge is 0.0761 e. The van der Waals surface area contributed by atoms with E-state index < -0.39 is 0 Å². The molecule has 0 aliphatic carbocycles. The first-order valence-corrected chi connectivity index (χ1v) is 4.98. The summed E-state index contributed by atoms with van der Waals surface area (Å²) in [6, 6.07) is 9.59. The van der Waals surface area contributed by atoms with Crippen LogP contribution in [0.3, 0.4) is 0 Å². The molecule has 0 aliphatic heterocycles. The van der Waals surface area contributed by atoms with E-state index in [0.29, 0.717) is 0 Å². The molecular formula is C12H10N4. The lowest BCUT2D eigenvalue weighted by atomic mass is 10.2. The zero-order valence-corrected chi connectivity index (χ0v) is 8.54. The summed E-state index contributed by atoms with van der Waals surface area (Å²) in [7, 11) is 0. The third-order valence-electron chi connectivity index (χ3n) is 2.50. The summed E-state index contributed by atoms with van der Waals surface area (Å²) < 4.78 is 1.85. The molecule has 4 heteroatoms. The number of hydrogen-bond acceptors (Lipinski definition) is 3. The lowest BCUT2D eigenvalue weighted by molar-refractivity contribution is 0.907. The predicted octanol–water partition coefficient (Wildman–Crippen LogP) is 2.00. The quantitative estimate of drug-likeness (QED) is 0.625. The van der Waals surface area contributed by atoms with Gasteiger partial charge >= 0.3 is 0 Å². The highest BCUT2D eigenvalue weighted by Gasteiger charge is 2.04. The van der Waals surface area contributed by atoms with Gasteiger partial charge in [-0.05, 0) is 30.3 Å². The molecule has 0 saturated heterocycles. The van der Waals surface area contributed by atoms with Gasteiger partial charge in [0, 0.05) is 23.5 Å². The summed E-state index contributed by atoms with van der Waals surface area (Å²) >= 11 is 0. The first-order chi connectivity index (χ1) is 7.84. The number of fused-ring (bicyclic) bond motifs is 1. The van der Waals surface area contributed by atoms with Crippen molar-refractivity contribution in [1.29, 1.82) is 0 Å². The van der Waals surface area contributed by atoms with Crippen LogP contribution in [-0.2, 0) is 0 Å². The zero-order chi connectivity index (χ0) is 11.0. The van der Waals surface area contributed by atoms with Crippen LogP contribution < -0.4 is 5.73 Å². The van der Waals surface area contributed by atoms with Crippen molar-refractivity contribution in [3.63, 3.8) is 0 Å². The van der Waals surface area contributed by atoms with Crippen LogP contribution in [0.1, 0.15) is 0 Å². The van der Waals surface area contributed by atoms with E-state index in [2.05, 4.69) is 10.1 Å². The maximum atomic E-state index is 5.78. The largest absolute Gasteiger partial charge is 0.399 e. The summed E-state index contributed by atoms with van der Waals surface area (Å²) in [6.45, 7) is 0. The molecule has 2 heterocycles. The molecule has 0 radical (unpaired) electrons. The van der Waals surface area contributed by atoms with Crippen molar-refractivity contribution in [2.24, 2.45) is 0 Å². The van der Waals surface area contributed by atoms with Crippen LogP contribution in [0.4, 0.5) is 5.69 Å². The van der Waals surface area contributed by atoms with E-state index in [1.807, 2.05) is 41.2 Å². The standard InChI is InChI=1S/C12H10N4/c13-10-2-1-9-8-15-16(12(9)7-10)11-3-5-14-6-4-11/h1-8H,13H2. The summed E-state index contributed by atoms with van der Waals surface area (Å²) in [5.41, 5.74) is 8.50. The highest BCUT2D eigenvalue weighted by Crippen LogP contribution is 2.19. The minimum Gasteiger partial charge on any atom is -0.399 e. The summed E-state index contributed by atoms with van der Waals surface area (Å²) in [5, 5.41) is 5.42. The average Bonchev–Trinajstić information content (AvgIpc) is 2.73. The number of aromatic nitrogens is 3. The Morgan fingerprint density at radius 1 is 1.06 bits per heavy atom. The van der Waals surface area contributed by atoms with Crippen molar-refractivity contribution in [3.05, 3.63) is 48.9 Å². The van der Waals surface area contributed by atoms with Gasteiger partial charge in [-0.1, -0.05) is 0 Å². The first-order valence-electron chi connectivity index (χ1n) is 4.98. The van der Waals surface area contributed by atoms with Crippen molar-refractivity contribution in [3.8, 4) is 5.69 Å². The van der Waals surface area contributed by atoms with E-state index in [1.165, 1.54) is 0 Å². The van der Waals surface area contributed by atoms with Gasteiger partial charge < -0.3 is 5.73 Å². The lowest BCUT2D eigenvalue weighted by Crippen LogP contribution is -1.96. The van der Waals surface area contributed by atoms with Gasteiger partial charge in [-0.15, -0.1) is 0 Å². The highest BCUT2D eigenvalue weighted by atomic mass is 15.3. The first kappa shape index (κ1) is 8.91. The van der Waals surface area contributed by atoms with Gasteiger partial charge in [0.05, 0.1) is 17.4 Å². The second-order valence-electron chi connectivity index (χ2n) is 3.58. The molecule has 0 spiro atoms. The number of pyridine rings is 1. The number of anilines is 1. The maximum absolute atomic E-state index is 5.78. The molecule has 78 valence electrons. The topological polar surface area (TPSA) is 56.7 Å². The number of nitrogens with zero attached hydrogens (tertiary/aromatic N) is 3. The molecule has 3 aromatic rings. The van der Waals surface area contributed by atoms with Crippen LogP contribution in [0.15, 0.2) is 48.9 Å². The Morgan fingerprint density at radius 3 is 2.69 bits per heavy atom.